The quantitative estimate of drug-likeness (QED) is 0.672. The summed E-state index contributed by atoms with van der Waals surface area (Å²) in [7, 11) is -1.64. The third-order valence-electron chi connectivity index (χ3n) is 1.75. The zero-order chi connectivity index (χ0) is 11.3. The second kappa shape index (κ2) is 5.08. The van der Waals surface area contributed by atoms with Crippen LogP contribution in [0, 0.1) is 0 Å². The van der Waals surface area contributed by atoms with Gasteiger partial charge < -0.3 is 10.5 Å². The predicted molar refractivity (Wildman–Crippen MR) is 55.0 cm³/mol. The fourth-order valence-corrected chi connectivity index (χ4v) is 2.02. The molecule has 0 aliphatic rings. The van der Waals surface area contributed by atoms with Crippen LogP contribution in [0.5, 0.6) is 0 Å². The first kappa shape index (κ1) is 11.9. The second-order valence-corrected chi connectivity index (χ2v) is 5.31. The Morgan fingerprint density at radius 3 is 2.80 bits per heavy atom. The minimum Gasteiger partial charge on any atom is -0.384 e. The largest absolute Gasteiger partial charge is 0.384 e. The van der Waals surface area contributed by atoms with Crippen LogP contribution in [0.4, 0.5) is 5.82 Å². The molecule has 2 N–H and O–H groups in total. The van der Waals surface area contributed by atoms with Crippen LogP contribution < -0.4 is 5.73 Å². The molecule has 0 saturated carbocycles. The van der Waals surface area contributed by atoms with Crippen molar-refractivity contribution < 1.29 is 13.2 Å². The highest BCUT2D eigenvalue weighted by Crippen LogP contribution is 1.95. The molecule has 0 spiro atoms. The number of ether oxygens (including phenoxy) is 1. The van der Waals surface area contributed by atoms with Crippen LogP contribution in [0.15, 0.2) is 6.20 Å². The van der Waals surface area contributed by atoms with Gasteiger partial charge >= 0.3 is 0 Å². The number of aromatic nitrogens is 3. The van der Waals surface area contributed by atoms with Crippen molar-refractivity contribution in [2.24, 2.45) is 0 Å². The van der Waals surface area contributed by atoms with Crippen LogP contribution >= 0.6 is 0 Å². The summed E-state index contributed by atoms with van der Waals surface area (Å²) in [6, 6.07) is 0. The molecule has 7 nitrogen and oxygen atoms in total. The summed E-state index contributed by atoms with van der Waals surface area (Å²) in [5.41, 5.74) is 5.33. The first-order chi connectivity index (χ1) is 7.03. The lowest BCUT2D eigenvalue weighted by atomic mass is 10.8. The summed E-state index contributed by atoms with van der Waals surface area (Å²) in [6.07, 6.45) is 1.38. The smallest absolute Gasteiger partial charge is 0.165 e. The van der Waals surface area contributed by atoms with E-state index in [0.29, 0.717) is 0 Å². The van der Waals surface area contributed by atoms with Crippen molar-refractivity contribution in [3.05, 3.63) is 6.20 Å². The van der Waals surface area contributed by atoms with Crippen LogP contribution in [-0.4, -0.2) is 48.6 Å². The molecule has 86 valence electrons. The average molecular weight is 234 g/mol. The van der Waals surface area contributed by atoms with E-state index in [1.165, 1.54) is 18.1 Å². The molecule has 0 unspecified atom stereocenters. The lowest BCUT2D eigenvalue weighted by molar-refractivity contribution is 0.217. The van der Waals surface area contributed by atoms with Gasteiger partial charge in [-0.25, -0.2) is 8.42 Å². The molecular formula is C7H14N4O3S. The Morgan fingerprint density at radius 1 is 1.53 bits per heavy atom. The topological polar surface area (TPSA) is 100 Å². The fourth-order valence-electron chi connectivity index (χ4n) is 0.952. The lowest BCUT2D eigenvalue weighted by Gasteiger charge is -2.02. The highest BCUT2D eigenvalue weighted by molar-refractivity contribution is 7.91. The van der Waals surface area contributed by atoms with Gasteiger partial charge in [0.15, 0.2) is 15.7 Å². The summed E-state index contributed by atoms with van der Waals surface area (Å²) >= 11 is 0. The van der Waals surface area contributed by atoms with E-state index in [1.54, 1.807) is 0 Å². The van der Waals surface area contributed by atoms with Gasteiger partial charge in [0.2, 0.25) is 0 Å². The number of nitrogen functional groups attached to an aromatic ring is 1. The summed E-state index contributed by atoms with van der Waals surface area (Å²) in [5.74, 6) is 0.286. The average Bonchev–Trinajstić information content (AvgIpc) is 2.59. The van der Waals surface area contributed by atoms with E-state index in [0.717, 1.165) is 0 Å². The van der Waals surface area contributed by atoms with E-state index in [4.69, 9.17) is 10.5 Å². The number of aryl methyl sites for hydroxylation is 1. The first-order valence-electron chi connectivity index (χ1n) is 4.38. The van der Waals surface area contributed by atoms with Crippen molar-refractivity contribution in [1.29, 1.82) is 0 Å². The number of sulfone groups is 1. The second-order valence-electron chi connectivity index (χ2n) is 3.01. The Hall–Kier alpha value is -1.15. The molecule has 1 aromatic heterocycles. The van der Waals surface area contributed by atoms with Gasteiger partial charge in [-0.1, -0.05) is 0 Å². The van der Waals surface area contributed by atoms with E-state index < -0.39 is 9.84 Å². The van der Waals surface area contributed by atoms with E-state index in [-0.39, 0.29) is 30.5 Å². The van der Waals surface area contributed by atoms with Crippen LogP contribution in [0.2, 0.25) is 0 Å². The number of anilines is 1. The van der Waals surface area contributed by atoms with E-state index in [1.807, 2.05) is 0 Å². The van der Waals surface area contributed by atoms with Crippen molar-refractivity contribution in [2.75, 3.05) is 31.0 Å². The van der Waals surface area contributed by atoms with Gasteiger partial charge in [0, 0.05) is 7.11 Å². The van der Waals surface area contributed by atoms with Gasteiger partial charge in [-0.15, -0.1) is 5.10 Å². The highest BCUT2D eigenvalue weighted by Gasteiger charge is 2.11. The zero-order valence-corrected chi connectivity index (χ0v) is 9.27. The molecule has 0 aliphatic heterocycles. The molecule has 0 radical (unpaired) electrons. The molecule has 0 saturated heterocycles. The van der Waals surface area contributed by atoms with Crippen LogP contribution in [0.3, 0.4) is 0 Å². The SMILES string of the molecule is COCCS(=O)(=O)CCn1ncc(N)n1. The Morgan fingerprint density at radius 2 is 2.27 bits per heavy atom. The Balaban J connectivity index is 2.42. The third-order valence-corrected chi connectivity index (χ3v) is 3.35. The molecule has 0 bridgehead atoms. The van der Waals surface area contributed by atoms with E-state index in [9.17, 15) is 8.42 Å². The molecular weight excluding hydrogens is 220 g/mol. The maximum atomic E-state index is 11.4. The molecule has 0 fully saturated rings. The molecule has 0 aliphatic carbocycles. The van der Waals surface area contributed by atoms with Gasteiger partial charge in [0.25, 0.3) is 0 Å². The summed E-state index contributed by atoms with van der Waals surface area (Å²) < 4.78 is 27.5. The van der Waals surface area contributed by atoms with Crippen molar-refractivity contribution in [3.8, 4) is 0 Å². The Bertz CT molecular complexity index is 400. The van der Waals surface area contributed by atoms with Gasteiger partial charge in [-0.05, 0) is 0 Å². The van der Waals surface area contributed by atoms with Crippen molar-refractivity contribution in [3.63, 3.8) is 0 Å². The maximum absolute atomic E-state index is 11.4. The summed E-state index contributed by atoms with van der Waals surface area (Å²) in [6.45, 7) is 0.417. The number of nitrogens with two attached hydrogens (primary N) is 1. The van der Waals surface area contributed by atoms with Crippen molar-refractivity contribution in [1.82, 2.24) is 15.0 Å². The molecule has 1 rings (SSSR count). The molecule has 0 atom stereocenters. The highest BCUT2D eigenvalue weighted by atomic mass is 32.2. The number of nitrogens with zero attached hydrogens (tertiary/aromatic N) is 3. The Labute approximate surface area is 88.1 Å². The minimum atomic E-state index is -3.10. The lowest BCUT2D eigenvalue weighted by Crippen LogP contribution is -2.19. The standard InChI is InChI=1S/C7H14N4O3S/c1-14-3-5-15(12,13)4-2-11-9-6-7(8)10-11/h6H,2-5H2,1H3,(H2,8,10). The van der Waals surface area contributed by atoms with E-state index >= 15 is 0 Å². The van der Waals surface area contributed by atoms with Gasteiger partial charge in [-0.2, -0.15) is 9.90 Å². The molecule has 1 aromatic rings. The monoisotopic (exact) mass is 234 g/mol. The van der Waals surface area contributed by atoms with Gasteiger partial charge in [0.05, 0.1) is 30.9 Å². The third kappa shape index (κ3) is 4.26. The number of rotatable bonds is 6. The van der Waals surface area contributed by atoms with E-state index in [2.05, 4.69) is 10.2 Å². The summed E-state index contributed by atoms with van der Waals surface area (Å²) in [5, 5.41) is 7.57. The first-order valence-corrected chi connectivity index (χ1v) is 6.20. The Kier molecular flexibility index (Phi) is 4.04. The van der Waals surface area contributed by atoms with Crippen LogP contribution in [0.25, 0.3) is 0 Å². The molecule has 15 heavy (non-hydrogen) atoms. The van der Waals surface area contributed by atoms with Crippen molar-refractivity contribution in [2.45, 2.75) is 6.54 Å². The van der Waals surface area contributed by atoms with Crippen LogP contribution in [0.1, 0.15) is 0 Å². The minimum absolute atomic E-state index is 0.00944. The number of methoxy groups -OCH3 is 1. The number of hydrogen-bond donors (Lipinski definition) is 1. The molecule has 1 heterocycles. The zero-order valence-electron chi connectivity index (χ0n) is 8.46. The van der Waals surface area contributed by atoms with Crippen LogP contribution in [-0.2, 0) is 21.1 Å². The van der Waals surface area contributed by atoms with Gasteiger partial charge in [-0.3, -0.25) is 0 Å². The normalized spacial score (nSPS) is 11.8. The molecule has 0 aromatic carbocycles. The maximum Gasteiger partial charge on any atom is 0.165 e. The predicted octanol–water partition coefficient (Wildman–Crippen LogP) is -1.08. The molecule has 8 heteroatoms. The van der Waals surface area contributed by atoms with Gasteiger partial charge in [0.1, 0.15) is 0 Å². The summed E-state index contributed by atoms with van der Waals surface area (Å²) in [4.78, 5) is 1.26. The van der Waals surface area contributed by atoms with Crippen molar-refractivity contribution >= 4 is 15.7 Å². The fraction of sp³-hybridized carbons (Fsp3) is 0.714. The molecule has 0 amide bonds. The number of hydrogen-bond acceptors (Lipinski definition) is 6.